The summed E-state index contributed by atoms with van der Waals surface area (Å²) < 4.78 is 0. The number of hydrogen-bond donors (Lipinski definition) is 1. The summed E-state index contributed by atoms with van der Waals surface area (Å²) in [6, 6.07) is 5.83. The standard InChI is InChI=1S/C15H20N4O/c16-7-4-10-19(12-13-5-3-8-17-11-13)15(20)14-6-1-2-9-18-14/h3,5,8,11,14,18H,1-2,4,6,9-10,12H2. The molecule has 0 spiro atoms. The van der Waals surface area contributed by atoms with Gasteiger partial charge < -0.3 is 10.2 Å². The minimum atomic E-state index is -0.0980. The summed E-state index contributed by atoms with van der Waals surface area (Å²) in [4.78, 5) is 18.4. The molecule has 2 heterocycles. The van der Waals surface area contributed by atoms with E-state index in [2.05, 4.69) is 16.4 Å². The average molecular weight is 272 g/mol. The molecule has 0 bridgehead atoms. The summed E-state index contributed by atoms with van der Waals surface area (Å²) in [5.74, 6) is 0.101. The lowest BCUT2D eigenvalue weighted by Gasteiger charge is -2.29. The van der Waals surface area contributed by atoms with Crippen LogP contribution in [0, 0.1) is 11.3 Å². The van der Waals surface area contributed by atoms with Crippen molar-refractivity contribution in [1.82, 2.24) is 15.2 Å². The Kier molecular flexibility index (Phi) is 5.51. The van der Waals surface area contributed by atoms with Crippen LogP contribution in [0.15, 0.2) is 24.5 Å². The summed E-state index contributed by atoms with van der Waals surface area (Å²) in [6.45, 7) is 1.89. The Morgan fingerprint density at radius 2 is 2.45 bits per heavy atom. The fraction of sp³-hybridized carbons (Fsp3) is 0.533. The monoisotopic (exact) mass is 272 g/mol. The second-order valence-corrected chi connectivity index (χ2v) is 5.03. The molecule has 0 radical (unpaired) electrons. The number of nitrogens with one attached hydrogen (secondary N) is 1. The number of nitriles is 1. The molecule has 20 heavy (non-hydrogen) atoms. The first-order chi connectivity index (χ1) is 9.81. The van der Waals surface area contributed by atoms with Crippen molar-refractivity contribution in [1.29, 1.82) is 5.26 Å². The number of piperidine rings is 1. The Bertz CT molecular complexity index is 463. The molecule has 1 aromatic heterocycles. The van der Waals surface area contributed by atoms with Crippen molar-refractivity contribution in [2.75, 3.05) is 13.1 Å². The van der Waals surface area contributed by atoms with Crippen molar-refractivity contribution in [3.8, 4) is 6.07 Å². The van der Waals surface area contributed by atoms with Gasteiger partial charge in [0.15, 0.2) is 0 Å². The average Bonchev–Trinajstić information content (AvgIpc) is 2.52. The van der Waals surface area contributed by atoms with E-state index in [4.69, 9.17) is 5.26 Å². The van der Waals surface area contributed by atoms with Crippen molar-refractivity contribution in [2.45, 2.75) is 38.3 Å². The molecule has 1 N–H and O–H groups in total. The van der Waals surface area contributed by atoms with Gasteiger partial charge in [0.25, 0.3) is 0 Å². The summed E-state index contributed by atoms with van der Waals surface area (Å²) in [7, 11) is 0. The fourth-order valence-corrected chi connectivity index (χ4v) is 2.45. The van der Waals surface area contributed by atoms with Crippen molar-refractivity contribution >= 4 is 5.91 Å². The van der Waals surface area contributed by atoms with Crippen LogP contribution in [0.25, 0.3) is 0 Å². The molecule has 1 amide bonds. The molecule has 1 fully saturated rings. The summed E-state index contributed by atoms with van der Waals surface area (Å²) in [5, 5.41) is 12.0. The third-order valence-electron chi connectivity index (χ3n) is 3.51. The zero-order valence-electron chi connectivity index (χ0n) is 11.6. The number of nitrogens with zero attached hydrogens (tertiary/aromatic N) is 3. The predicted molar refractivity (Wildman–Crippen MR) is 75.5 cm³/mol. The Balaban J connectivity index is 2.02. The highest BCUT2D eigenvalue weighted by Crippen LogP contribution is 2.12. The molecule has 1 saturated heterocycles. The van der Waals surface area contributed by atoms with Crippen LogP contribution in [-0.2, 0) is 11.3 Å². The van der Waals surface area contributed by atoms with Crippen molar-refractivity contribution in [3.05, 3.63) is 30.1 Å². The van der Waals surface area contributed by atoms with Crippen LogP contribution < -0.4 is 5.32 Å². The number of hydrogen-bond acceptors (Lipinski definition) is 4. The highest BCUT2D eigenvalue weighted by Gasteiger charge is 2.25. The van der Waals surface area contributed by atoms with Crippen LogP contribution in [0.5, 0.6) is 0 Å². The van der Waals surface area contributed by atoms with Crippen LogP contribution in [0.1, 0.15) is 31.2 Å². The summed E-state index contributed by atoms with van der Waals surface area (Å²) >= 11 is 0. The van der Waals surface area contributed by atoms with E-state index >= 15 is 0 Å². The number of amides is 1. The van der Waals surface area contributed by atoms with Crippen LogP contribution in [0.4, 0.5) is 0 Å². The Morgan fingerprint density at radius 3 is 3.10 bits per heavy atom. The van der Waals surface area contributed by atoms with Gasteiger partial charge in [0.1, 0.15) is 0 Å². The number of rotatable bonds is 5. The van der Waals surface area contributed by atoms with Gasteiger partial charge in [-0.05, 0) is 31.0 Å². The normalized spacial score (nSPS) is 18.2. The highest BCUT2D eigenvalue weighted by molar-refractivity contribution is 5.82. The van der Waals surface area contributed by atoms with Crippen LogP contribution in [0.2, 0.25) is 0 Å². The van der Waals surface area contributed by atoms with Gasteiger partial charge in [0.05, 0.1) is 18.5 Å². The Hall–Kier alpha value is -1.93. The second-order valence-electron chi connectivity index (χ2n) is 5.03. The van der Waals surface area contributed by atoms with E-state index in [0.717, 1.165) is 31.4 Å². The largest absolute Gasteiger partial charge is 0.336 e. The zero-order chi connectivity index (χ0) is 14.2. The molecule has 1 aromatic rings. The van der Waals surface area contributed by atoms with E-state index in [1.807, 2.05) is 12.1 Å². The van der Waals surface area contributed by atoms with E-state index in [0.29, 0.717) is 19.5 Å². The molecule has 1 atom stereocenters. The second kappa shape index (κ2) is 7.61. The summed E-state index contributed by atoms with van der Waals surface area (Å²) in [6.07, 6.45) is 6.94. The highest BCUT2D eigenvalue weighted by atomic mass is 16.2. The smallest absolute Gasteiger partial charge is 0.240 e. The predicted octanol–water partition coefficient (Wildman–Crippen LogP) is 1.47. The first kappa shape index (κ1) is 14.5. The van der Waals surface area contributed by atoms with Gasteiger partial charge in [-0.15, -0.1) is 0 Å². The molecule has 1 unspecified atom stereocenters. The van der Waals surface area contributed by atoms with Gasteiger partial charge in [-0.3, -0.25) is 9.78 Å². The van der Waals surface area contributed by atoms with E-state index in [9.17, 15) is 4.79 Å². The van der Waals surface area contributed by atoms with E-state index in [-0.39, 0.29) is 11.9 Å². The maximum atomic E-state index is 12.5. The van der Waals surface area contributed by atoms with Gasteiger partial charge in [-0.1, -0.05) is 12.5 Å². The molecule has 5 heteroatoms. The minimum absolute atomic E-state index is 0.0980. The lowest BCUT2D eigenvalue weighted by Crippen LogP contribution is -2.48. The maximum Gasteiger partial charge on any atom is 0.240 e. The van der Waals surface area contributed by atoms with Crippen molar-refractivity contribution < 1.29 is 4.79 Å². The molecule has 5 nitrogen and oxygen atoms in total. The Morgan fingerprint density at radius 1 is 1.55 bits per heavy atom. The molecule has 0 aliphatic carbocycles. The van der Waals surface area contributed by atoms with Gasteiger partial charge >= 0.3 is 0 Å². The maximum absolute atomic E-state index is 12.5. The lowest BCUT2D eigenvalue weighted by atomic mass is 10.0. The van der Waals surface area contributed by atoms with Gasteiger partial charge in [0.2, 0.25) is 5.91 Å². The fourth-order valence-electron chi connectivity index (χ4n) is 2.45. The molecule has 106 valence electrons. The minimum Gasteiger partial charge on any atom is -0.336 e. The third-order valence-corrected chi connectivity index (χ3v) is 3.51. The molecule has 2 rings (SSSR count). The molecule has 1 aliphatic rings. The SMILES string of the molecule is N#CCCN(Cc1cccnc1)C(=O)C1CCCCN1. The lowest BCUT2D eigenvalue weighted by molar-refractivity contribution is -0.134. The quantitative estimate of drug-likeness (QED) is 0.881. The van der Waals surface area contributed by atoms with Crippen LogP contribution >= 0.6 is 0 Å². The topological polar surface area (TPSA) is 69.0 Å². The van der Waals surface area contributed by atoms with Crippen molar-refractivity contribution in [3.63, 3.8) is 0 Å². The number of carbonyl (C=O) groups is 1. The van der Waals surface area contributed by atoms with Gasteiger partial charge in [-0.2, -0.15) is 5.26 Å². The number of pyridine rings is 1. The summed E-state index contributed by atoms with van der Waals surface area (Å²) in [5.41, 5.74) is 0.995. The molecule has 1 aliphatic heterocycles. The molecule has 0 aromatic carbocycles. The zero-order valence-corrected chi connectivity index (χ0v) is 11.6. The van der Waals surface area contributed by atoms with E-state index < -0.39 is 0 Å². The van der Waals surface area contributed by atoms with Gasteiger partial charge in [0, 0.05) is 25.5 Å². The van der Waals surface area contributed by atoms with Gasteiger partial charge in [-0.25, -0.2) is 0 Å². The Labute approximate surface area is 119 Å². The van der Waals surface area contributed by atoms with Crippen LogP contribution in [-0.4, -0.2) is 34.9 Å². The van der Waals surface area contributed by atoms with Crippen molar-refractivity contribution in [2.24, 2.45) is 0 Å². The first-order valence-corrected chi connectivity index (χ1v) is 7.09. The number of carbonyl (C=O) groups excluding carboxylic acids is 1. The molecular formula is C15H20N4O. The third kappa shape index (κ3) is 4.04. The van der Waals surface area contributed by atoms with Crippen LogP contribution in [0.3, 0.4) is 0 Å². The van der Waals surface area contributed by atoms with E-state index in [1.165, 1.54) is 0 Å². The number of aromatic nitrogens is 1. The first-order valence-electron chi connectivity index (χ1n) is 7.09. The molecular weight excluding hydrogens is 252 g/mol. The van der Waals surface area contributed by atoms with E-state index in [1.54, 1.807) is 17.3 Å². The molecule has 0 saturated carbocycles.